The van der Waals surface area contributed by atoms with Crippen molar-refractivity contribution >= 4 is 17.4 Å². The van der Waals surface area contributed by atoms with E-state index in [4.69, 9.17) is 0 Å². The summed E-state index contributed by atoms with van der Waals surface area (Å²) in [5, 5.41) is 7.80. The van der Waals surface area contributed by atoms with Gasteiger partial charge in [-0.25, -0.2) is 0 Å². The van der Waals surface area contributed by atoms with Crippen molar-refractivity contribution in [3.8, 4) is 0 Å². The molecule has 1 unspecified atom stereocenters. The van der Waals surface area contributed by atoms with Crippen molar-refractivity contribution < 1.29 is 0 Å². The summed E-state index contributed by atoms with van der Waals surface area (Å²) in [7, 11) is 0. The predicted octanol–water partition coefficient (Wildman–Crippen LogP) is 2.90. The van der Waals surface area contributed by atoms with E-state index < -0.39 is 0 Å². The summed E-state index contributed by atoms with van der Waals surface area (Å²) in [5.74, 6) is 0. The van der Waals surface area contributed by atoms with E-state index in [9.17, 15) is 0 Å². The Balaban J connectivity index is 1.89. The second-order valence-corrected chi connectivity index (χ2v) is 4.25. The van der Waals surface area contributed by atoms with Gasteiger partial charge in [0.15, 0.2) is 0 Å². The molecular weight excluding hydrogens is 178 g/mol. The van der Waals surface area contributed by atoms with Crippen LogP contribution in [0.1, 0.15) is 24.8 Å². The third-order valence-electron chi connectivity index (χ3n) is 2.41. The van der Waals surface area contributed by atoms with Crippen molar-refractivity contribution in [3.05, 3.63) is 28.5 Å². The summed E-state index contributed by atoms with van der Waals surface area (Å²) in [6.45, 7) is 1.18. The van der Waals surface area contributed by atoms with Gasteiger partial charge in [-0.3, -0.25) is 0 Å². The summed E-state index contributed by atoms with van der Waals surface area (Å²) < 4.78 is 0. The number of hydrogen-bond donors (Lipinski definition) is 1. The first-order valence-electron chi connectivity index (χ1n) is 4.89. The Morgan fingerprint density at radius 3 is 3.15 bits per heavy atom. The minimum Gasteiger partial charge on any atom is -0.311 e. The first kappa shape index (κ1) is 8.97. The largest absolute Gasteiger partial charge is 0.311 e. The smallest absolute Gasteiger partial charge is 0.0253 e. The summed E-state index contributed by atoms with van der Waals surface area (Å²) in [6.07, 6.45) is 8.51. The van der Waals surface area contributed by atoms with Crippen molar-refractivity contribution in [1.29, 1.82) is 0 Å². The number of nitrogens with one attached hydrogen (secondary N) is 1. The SMILES string of the molecule is C(=C\C1CCCCN1)/c1ccsc1. The van der Waals surface area contributed by atoms with Crippen LogP contribution in [0.5, 0.6) is 0 Å². The second-order valence-electron chi connectivity index (χ2n) is 3.47. The van der Waals surface area contributed by atoms with E-state index in [-0.39, 0.29) is 0 Å². The molecule has 2 heterocycles. The highest BCUT2D eigenvalue weighted by atomic mass is 32.1. The van der Waals surface area contributed by atoms with Crippen LogP contribution in [0.2, 0.25) is 0 Å². The van der Waals surface area contributed by atoms with E-state index in [1.807, 2.05) is 0 Å². The van der Waals surface area contributed by atoms with Gasteiger partial charge in [-0.05, 0) is 41.8 Å². The fourth-order valence-corrected chi connectivity index (χ4v) is 2.27. The average molecular weight is 193 g/mol. The molecule has 1 aromatic rings. The maximum atomic E-state index is 3.50. The molecule has 0 spiro atoms. The van der Waals surface area contributed by atoms with Crippen molar-refractivity contribution in [2.24, 2.45) is 0 Å². The molecule has 1 N–H and O–H groups in total. The minimum absolute atomic E-state index is 0.605. The third-order valence-corrected chi connectivity index (χ3v) is 3.11. The first-order valence-corrected chi connectivity index (χ1v) is 5.83. The molecule has 1 aliphatic heterocycles. The Morgan fingerprint density at radius 1 is 1.46 bits per heavy atom. The molecule has 0 aliphatic carbocycles. The van der Waals surface area contributed by atoms with Crippen molar-refractivity contribution in [2.75, 3.05) is 6.54 Å². The molecule has 1 saturated heterocycles. The summed E-state index contributed by atoms with van der Waals surface area (Å²) >= 11 is 1.75. The first-order chi connectivity index (χ1) is 6.45. The zero-order valence-corrected chi connectivity index (χ0v) is 8.52. The van der Waals surface area contributed by atoms with Gasteiger partial charge in [-0.1, -0.05) is 18.6 Å². The Kier molecular flexibility index (Phi) is 3.16. The van der Waals surface area contributed by atoms with Gasteiger partial charge in [-0.2, -0.15) is 11.3 Å². The molecule has 0 radical (unpaired) electrons. The van der Waals surface area contributed by atoms with Gasteiger partial charge < -0.3 is 5.32 Å². The van der Waals surface area contributed by atoms with Crippen molar-refractivity contribution in [3.63, 3.8) is 0 Å². The highest BCUT2D eigenvalue weighted by molar-refractivity contribution is 7.08. The van der Waals surface area contributed by atoms with Crippen molar-refractivity contribution in [2.45, 2.75) is 25.3 Å². The second kappa shape index (κ2) is 4.58. The van der Waals surface area contributed by atoms with Crippen LogP contribution in [-0.2, 0) is 0 Å². The fraction of sp³-hybridized carbons (Fsp3) is 0.455. The highest BCUT2D eigenvalue weighted by Gasteiger charge is 2.07. The predicted molar refractivity (Wildman–Crippen MR) is 59.0 cm³/mol. The number of hydrogen-bond acceptors (Lipinski definition) is 2. The van der Waals surface area contributed by atoms with Gasteiger partial charge in [0.05, 0.1) is 0 Å². The zero-order chi connectivity index (χ0) is 8.93. The molecule has 1 aliphatic rings. The van der Waals surface area contributed by atoms with Gasteiger partial charge in [0.2, 0.25) is 0 Å². The molecule has 1 aromatic heterocycles. The van der Waals surface area contributed by atoms with E-state index in [0.29, 0.717) is 6.04 Å². The van der Waals surface area contributed by atoms with E-state index in [1.54, 1.807) is 11.3 Å². The van der Waals surface area contributed by atoms with E-state index >= 15 is 0 Å². The third kappa shape index (κ3) is 2.68. The lowest BCUT2D eigenvalue weighted by Crippen LogP contribution is -2.31. The standard InChI is InChI=1S/C11H15NS/c1-2-7-12-11(3-1)5-4-10-6-8-13-9-10/h4-6,8-9,11-12H,1-3,7H2/b5-4+. The summed E-state index contributed by atoms with van der Waals surface area (Å²) in [5.41, 5.74) is 1.33. The molecule has 2 rings (SSSR count). The quantitative estimate of drug-likeness (QED) is 0.761. The molecule has 1 fully saturated rings. The van der Waals surface area contributed by atoms with Crippen LogP contribution in [0.3, 0.4) is 0 Å². The molecular formula is C11H15NS. The average Bonchev–Trinajstić information content (AvgIpc) is 2.69. The Hall–Kier alpha value is -0.600. The van der Waals surface area contributed by atoms with Gasteiger partial charge in [0.1, 0.15) is 0 Å². The van der Waals surface area contributed by atoms with Gasteiger partial charge in [0.25, 0.3) is 0 Å². The number of piperidine rings is 1. The molecule has 70 valence electrons. The van der Waals surface area contributed by atoms with E-state index in [2.05, 4.69) is 34.3 Å². The number of thiophene rings is 1. The molecule has 0 aromatic carbocycles. The van der Waals surface area contributed by atoms with Gasteiger partial charge >= 0.3 is 0 Å². The van der Waals surface area contributed by atoms with Crippen LogP contribution in [0.15, 0.2) is 22.9 Å². The van der Waals surface area contributed by atoms with Crippen LogP contribution in [-0.4, -0.2) is 12.6 Å². The van der Waals surface area contributed by atoms with Crippen LogP contribution in [0, 0.1) is 0 Å². The maximum Gasteiger partial charge on any atom is 0.0253 e. The molecule has 1 atom stereocenters. The molecule has 13 heavy (non-hydrogen) atoms. The lowest BCUT2D eigenvalue weighted by atomic mass is 10.0. The fourth-order valence-electron chi connectivity index (χ4n) is 1.64. The molecule has 1 nitrogen and oxygen atoms in total. The van der Waals surface area contributed by atoms with E-state index in [1.165, 1.54) is 31.4 Å². The zero-order valence-electron chi connectivity index (χ0n) is 7.70. The summed E-state index contributed by atoms with van der Waals surface area (Å²) in [4.78, 5) is 0. The van der Waals surface area contributed by atoms with Crippen LogP contribution in [0.25, 0.3) is 6.08 Å². The minimum atomic E-state index is 0.605. The Bertz CT molecular complexity index is 258. The maximum absolute atomic E-state index is 3.50. The highest BCUT2D eigenvalue weighted by Crippen LogP contribution is 2.12. The topological polar surface area (TPSA) is 12.0 Å². The van der Waals surface area contributed by atoms with Crippen LogP contribution in [0.4, 0.5) is 0 Å². The summed E-state index contributed by atoms with van der Waals surface area (Å²) in [6, 6.07) is 2.76. The van der Waals surface area contributed by atoms with Gasteiger partial charge in [-0.15, -0.1) is 0 Å². The lowest BCUT2D eigenvalue weighted by Gasteiger charge is -2.19. The monoisotopic (exact) mass is 193 g/mol. The Morgan fingerprint density at radius 2 is 2.46 bits per heavy atom. The van der Waals surface area contributed by atoms with Crippen LogP contribution < -0.4 is 5.32 Å². The normalized spacial score (nSPS) is 23.8. The van der Waals surface area contributed by atoms with E-state index in [0.717, 1.165) is 0 Å². The number of rotatable bonds is 2. The molecule has 0 bridgehead atoms. The molecule has 2 heteroatoms. The van der Waals surface area contributed by atoms with Gasteiger partial charge in [0, 0.05) is 6.04 Å². The lowest BCUT2D eigenvalue weighted by molar-refractivity contribution is 0.455. The molecule has 0 amide bonds. The van der Waals surface area contributed by atoms with Crippen molar-refractivity contribution in [1.82, 2.24) is 5.32 Å². The Labute approximate surface area is 83.5 Å². The van der Waals surface area contributed by atoms with Crippen LogP contribution >= 0.6 is 11.3 Å². The molecule has 0 saturated carbocycles.